The SMILES string of the molecule is Cc1nc(-c2ccc(Br)cc2C(F)(F)F)sc1CN. The molecule has 0 amide bonds. The van der Waals surface area contributed by atoms with Crippen LogP contribution < -0.4 is 5.73 Å². The van der Waals surface area contributed by atoms with Crippen LogP contribution >= 0.6 is 27.3 Å². The molecule has 0 spiro atoms. The van der Waals surface area contributed by atoms with Crippen LogP contribution in [-0.2, 0) is 12.7 Å². The van der Waals surface area contributed by atoms with E-state index in [1.807, 2.05) is 0 Å². The minimum Gasteiger partial charge on any atom is -0.326 e. The molecule has 0 saturated heterocycles. The summed E-state index contributed by atoms with van der Waals surface area (Å²) in [5.74, 6) is 0. The van der Waals surface area contributed by atoms with Gasteiger partial charge >= 0.3 is 6.18 Å². The lowest BCUT2D eigenvalue weighted by Crippen LogP contribution is -2.07. The Hall–Kier alpha value is -0.920. The third-order valence-corrected chi connectivity index (χ3v) is 4.30. The van der Waals surface area contributed by atoms with Gasteiger partial charge in [0.05, 0.1) is 11.3 Å². The summed E-state index contributed by atoms with van der Waals surface area (Å²) in [6, 6.07) is 4.06. The molecule has 0 radical (unpaired) electrons. The highest BCUT2D eigenvalue weighted by Gasteiger charge is 2.34. The number of alkyl halides is 3. The van der Waals surface area contributed by atoms with E-state index >= 15 is 0 Å². The fraction of sp³-hybridized carbons (Fsp3) is 0.250. The molecule has 2 rings (SSSR count). The van der Waals surface area contributed by atoms with Crippen LogP contribution in [0.3, 0.4) is 0 Å². The summed E-state index contributed by atoms with van der Waals surface area (Å²) in [6.07, 6.45) is -4.42. The van der Waals surface area contributed by atoms with Gasteiger partial charge in [-0.3, -0.25) is 0 Å². The van der Waals surface area contributed by atoms with Crippen molar-refractivity contribution in [1.82, 2.24) is 4.98 Å². The largest absolute Gasteiger partial charge is 0.417 e. The van der Waals surface area contributed by atoms with Crippen molar-refractivity contribution < 1.29 is 13.2 Å². The molecule has 0 saturated carbocycles. The highest BCUT2D eigenvalue weighted by atomic mass is 79.9. The third-order valence-electron chi connectivity index (χ3n) is 2.60. The summed E-state index contributed by atoms with van der Waals surface area (Å²) >= 11 is 4.25. The summed E-state index contributed by atoms with van der Waals surface area (Å²) < 4.78 is 39.5. The van der Waals surface area contributed by atoms with Crippen molar-refractivity contribution in [2.45, 2.75) is 19.6 Å². The topological polar surface area (TPSA) is 38.9 Å². The van der Waals surface area contributed by atoms with Crippen LogP contribution in [0, 0.1) is 6.92 Å². The molecule has 0 aliphatic carbocycles. The number of hydrogen-bond donors (Lipinski definition) is 1. The minimum atomic E-state index is -4.42. The van der Waals surface area contributed by atoms with Crippen molar-refractivity contribution in [3.8, 4) is 10.6 Å². The van der Waals surface area contributed by atoms with Gasteiger partial charge in [0.1, 0.15) is 5.01 Å². The molecule has 7 heteroatoms. The zero-order valence-corrected chi connectivity index (χ0v) is 12.3. The van der Waals surface area contributed by atoms with Crippen molar-refractivity contribution >= 4 is 27.3 Å². The first kappa shape index (κ1) is 14.5. The average molecular weight is 351 g/mol. The maximum atomic E-state index is 13.0. The molecule has 0 aliphatic heterocycles. The molecular formula is C12H10BrF3N2S. The Morgan fingerprint density at radius 2 is 2.05 bits per heavy atom. The number of nitrogens with zero attached hydrogens (tertiary/aromatic N) is 1. The summed E-state index contributed by atoms with van der Waals surface area (Å²) in [7, 11) is 0. The Bertz CT molecular complexity index is 608. The van der Waals surface area contributed by atoms with Crippen molar-refractivity contribution in [3.63, 3.8) is 0 Å². The summed E-state index contributed by atoms with van der Waals surface area (Å²) in [5.41, 5.74) is 5.60. The van der Waals surface area contributed by atoms with E-state index in [9.17, 15) is 13.2 Å². The van der Waals surface area contributed by atoms with Crippen LogP contribution in [0.1, 0.15) is 16.1 Å². The number of halogens is 4. The van der Waals surface area contributed by atoms with Crippen LogP contribution in [-0.4, -0.2) is 4.98 Å². The second kappa shape index (κ2) is 5.22. The highest BCUT2D eigenvalue weighted by molar-refractivity contribution is 9.10. The van der Waals surface area contributed by atoms with Crippen molar-refractivity contribution in [3.05, 3.63) is 38.8 Å². The quantitative estimate of drug-likeness (QED) is 0.873. The lowest BCUT2D eigenvalue weighted by atomic mass is 10.1. The Balaban J connectivity index is 2.61. The van der Waals surface area contributed by atoms with E-state index in [0.717, 1.165) is 10.9 Å². The van der Waals surface area contributed by atoms with Gasteiger partial charge < -0.3 is 5.73 Å². The van der Waals surface area contributed by atoms with Gasteiger partial charge in [0.2, 0.25) is 0 Å². The van der Waals surface area contributed by atoms with Crippen LogP contribution in [0.2, 0.25) is 0 Å². The smallest absolute Gasteiger partial charge is 0.326 e. The molecule has 0 fully saturated rings. The molecule has 0 unspecified atom stereocenters. The van der Waals surface area contributed by atoms with Crippen molar-refractivity contribution in [2.75, 3.05) is 0 Å². The molecule has 0 aliphatic rings. The molecule has 19 heavy (non-hydrogen) atoms. The average Bonchev–Trinajstić information content (AvgIpc) is 2.69. The Labute approximate surface area is 120 Å². The van der Waals surface area contributed by atoms with Gasteiger partial charge in [0.25, 0.3) is 0 Å². The first-order valence-electron chi connectivity index (χ1n) is 5.36. The number of rotatable bonds is 2. The minimum absolute atomic E-state index is 0.0866. The van der Waals surface area contributed by atoms with Crippen molar-refractivity contribution in [2.24, 2.45) is 5.73 Å². The van der Waals surface area contributed by atoms with E-state index in [0.29, 0.717) is 15.2 Å². The van der Waals surface area contributed by atoms with E-state index in [1.54, 1.807) is 13.0 Å². The van der Waals surface area contributed by atoms with E-state index < -0.39 is 11.7 Å². The molecule has 2 N–H and O–H groups in total. The van der Waals surface area contributed by atoms with Gasteiger partial charge in [-0.25, -0.2) is 4.98 Å². The van der Waals surface area contributed by atoms with E-state index in [1.165, 1.54) is 17.4 Å². The normalized spacial score (nSPS) is 11.9. The van der Waals surface area contributed by atoms with Gasteiger partial charge in [-0.1, -0.05) is 22.0 Å². The Kier molecular flexibility index (Phi) is 3.98. The predicted octanol–water partition coefficient (Wildman–Crippen LogP) is 4.36. The van der Waals surface area contributed by atoms with Crippen molar-refractivity contribution in [1.29, 1.82) is 0 Å². The molecular weight excluding hydrogens is 341 g/mol. The van der Waals surface area contributed by atoms with E-state index in [2.05, 4.69) is 20.9 Å². The number of hydrogen-bond acceptors (Lipinski definition) is 3. The molecule has 2 nitrogen and oxygen atoms in total. The zero-order valence-electron chi connectivity index (χ0n) is 9.88. The first-order chi connectivity index (χ1) is 8.82. The van der Waals surface area contributed by atoms with Gasteiger partial charge in [0.15, 0.2) is 0 Å². The zero-order chi connectivity index (χ0) is 14.2. The molecule has 1 aromatic heterocycles. The summed E-state index contributed by atoms with van der Waals surface area (Å²) in [4.78, 5) is 4.98. The summed E-state index contributed by atoms with van der Waals surface area (Å²) in [6.45, 7) is 2.02. The number of nitrogens with two attached hydrogens (primary N) is 1. The maximum Gasteiger partial charge on any atom is 0.417 e. The van der Waals surface area contributed by atoms with Gasteiger partial charge in [-0.05, 0) is 19.1 Å². The van der Waals surface area contributed by atoms with E-state index in [-0.39, 0.29) is 12.1 Å². The van der Waals surface area contributed by atoms with Crippen LogP contribution in [0.5, 0.6) is 0 Å². The van der Waals surface area contributed by atoms with Gasteiger partial charge in [-0.2, -0.15) is 13.2 Å². The second-order valence-corrected chi connectivity index (χ2v) is 5.92. The third kappa shape index (κ3) is 2.98. The number of aryl methyl sites for hydroxylation is 1. The fourth-order valence-corrected chi connectivity index (χ4v) is 3.01. The molecule has 102 valence electrons. The molecule has 0 bridgehead atoms. The van der Waals surface area contributed by atoms with Crippen LogP contribution in [0.4, 0.5) is 13.2 Å². The fourth-order valence-electron chi connectivity index (χ4n) is 1.67. The number of aromatic nitrogens is 1. The molecule has 1 heterocycles. The van der Waals surface area contributed by atoms with E-state index in [4.69, 9.17) is 5.73 Å². The standard InChI is InChI=1S/C12H10BrF3N2S/c1-6-10(5-17)19-11(18-6)8-3-2-7(13)4-9(8)12(14,15)16/h2-4H,5,17H2,1H3. The highest BCUT2D eigenvalue weighted by Crippen LogP contribution is 2.40. The van der Waals surface area contributed by atoms with Crippen LogP contribution in [0.15, 0.2) is 22.7 Å². The second-order valence-electron chi connectivity index (χ2n) is 3.92. The lowest BCUT2D eigenvalue weighted by molar-refractivity contribution is -0.137. The number of benzene rings is 1. The Morgan fingerprint density at radius 1 is 1.37 bits per heavy atom. The monoisotopic (exact) mass is 350 g/mol. The van der Waals surface area contributed by atoms with Gasteiger partial charge in [-0.15, -0.1) is 11.3 Å². The molecule has 2 aromatic rings. The molecule has 0 atom stereocenters. The van der Waals surface area contributed by atoms with Crippen LogP contribution in [0.25, 0.3) is 10.6 Å². The Morgan fingerprint density at radius 3 is 2.58 bits per heavy atom. The van der Waals surface area contributed by atoms with Gasteiger partial charge in [0, 0.05) is 21.5 Å². The first-order valence-corrected chi connectivity index (χ1v) is 6.97. The molecule has 1 aromatic carbocycles. The lowest BCUT2D eigenvalue weighted by Gasteiger charge is -2.11. The maximum absolute atomic E-state index is 13.0. The predicted molar refractivity (Wildman–Crippen MR) is 72.9 cm³/mol. The summed E-state index contributed by atoms with van der Waals surface area (Å²) in [5, 5.41) is 0.345. The number of thiazole rings is 1.